The fourth-order valence-corrected chi connectivity index (χ4v) is 5.40. The first-order chi connectivity index (χ1) is 6.18. The normalized spacial score (nSPS) is 85.4. The van der Waals surface area contributed by atoms with Gasteiger partial charge in [-0.05, 0) is 19.3 Å². The Bertz CT molecular complexity index is 259. The van der Waals surface area contributed by atoms with Gasteiger partial charge in [0.25, 0.3) is 0 Å². The zero-order valence-electron chi connectivity index (χ0n) is 7.59. The predicted molar refractivity (Wildman–Crippen MR) is 47.5 cm³/mol. The maximum Gasteiger partial charge on any atom is 0.173 e. The van der Waals surface area contributed by atoms with Crippen LogP contribution in [0.3, 0.4) is 0 Å². The Hall–Kier alpha value is -0.0800. The summed E-state index contributed by atoms with van der Waals surface area (Å²) in [6, 6.07) is 0. The van der Waals surface area contributed by atoms with E-state index in [9.17, 15) is 0 Å². The van der Waals surface area contributed by atoms with Crippen LogP contribution in [0.4, 0.5) is 0 Å². The van der Waals surface area contributed by atoms with Gasteiger partial charge in [-0.25, -0.2) is 0 Å². The highest BCUT2D eigenvalue weighted by atomic mass is 16.3. The average Bonchev–Trinajstić information content (AvgIpc) is 3.00. The van der Waals surface area contributed by atoms with Crippen LogP contribution in [0, 0.1) is 35.5 Å². The first-order valence-electron chi connectivity index (χ1n) is 5.68. The van der Waals surface area contributed by atoms with E-state index in [1.165, 1.54) is 19.3 Å². The fourth-order valence-electron chi connectivity index (χ4n) is 5.40. The van der Waals surface area contributed by atoms with Gasteiger partial charge in [0, 0.05) is 35.5 Å². The van der Waals surface area contributed by atoms with Gasteiger partial charge in [-0.1, -0.05) is 0 Å². The summed E-state index contributed by atoms with van der Waals surface area (Å²) in [7, 11) is 0. The summed E-state index contributed by atoms with van der Waals surface area (Å²) >= 11 is 0. The van der Waals surface area contributed by atoms with Crippen LogP contribution in [0.5, 0.6) is 0 Å². The zero-order chi connectivity index (χ0) is 8.59. The molecule has 0 amide bonds. The highest BCUT2D eigenvalue weighted by molar-refractivity contribution is 5.38. The van der Waals surface area contributed by atoms with Gasteiger partial charge < -0.3 is 10.2 Å². The van der Waals surface area contributed by atoms with Crippen molar-refractivity contribution in [1.82, 2.24) is 0 Å². The van der Waals surface area contributed by atoms with Gasteiger partial charge in [-0.15, -0.1) is 0 Å². The Morgan fingerprint density at radius 3 is 1.08 bits per heavy atom. The van der Waals surface area contributed by atoms with E-state index in [1.807, 2.05) is 0 Å². The third-order valence-corrected chi connectivity index (χ3v) is 6.05. The lowest BCUT2D eigenvalue weighted by Gasteiger charge is -2.40. The van der Waals surface area contributed by atoms with E-state index in [4.69, 9.17) is 10.2 Å². The summed E-state index contributed by atoms with van der Waals surface area (Å²) in [6.45, 7) is 0. The average molecular weight is 180 g/mol. The Kier molecular flexibility index (Phi) is 0.647. The van der Waals surface area contributed by atoms with Crippen LogP contribution >= 0.6 is 0 Å². The molecule has 0 aliphatic heterocycles. The van der Waals surface area contributed by atoms with Gasteiger partial charge in [-0.3, -0.25) is 0 Å². The maximum atomic E-state index is 8.65. The molecule has 0 radical (unpaired) electrons. The molecule has 6 aliphatic rings. The molecule has 13 heavy (non-hydrogen) atoms. The predicted octanol–water partition coefficient (Wildman–Crippen LogP) is -0.151. The first-order valence-corrected chi connectivity index (χ1v) is 5.68. The van der Waals surface area contributed by atoms with Crippen molar-refractivity contribution in [1.29, 1.82) is 0 Å². The quantitative estimate of drug-likeness (QED) is 0.465. The van der Waals surface area contributed by atoms with Gasteiger partial charge in [0.2, 0.25) is 0 Å². The Morgan fingerprint density at radius 1 is 0.615 bits per heavy atom. The van der Waals surface area contributed by atoms with E-state index < -0.39 is 0 Å². The Labute approximate surface area is 76.9 Å². The van der Waals surface area contributed by atoms with E-state index >= 15 is 0 Å². The second-order valence-corrected chi connectivity index (χ2v) is 6.21. The summed E-state index contributed by atoms with van der Waals surface area (Å²) in [4.78, 5) is 0. The molecule has 6 saturated carbocycles. The van der Waals surface area contributed by atoms with Gasteiger partial charge in [0.05, 0.1) is 0 Å². The molecule has 6 aliphatic carbocycles. The van der Waals surface area contributed by atoms with Crippen molar-refractivity contribution >= 4 is 0 Å². The smallest absolute Gasteiger partial charge is 0.173 e. The molecule has 0 aromatic carbocycles. The van der Waals surface area contributed by atoms with Gasteiger partial charge >= 0.3 is 0 Å². The largest absolute Gasteiger partial charge is 0.440 e. The van der Waals surface area contributed by atoms with Crippen LogP contribution in [0.1, 0.15) is 19.3 Å². The van der Waals surface area contributed by atoms with E-state index in [1.54, 1.807) is 0 Å². The molecule has 0 heterocycles. The van der Waals surface area contributed by atoms with Crippen LogP contribution in [-0.4, -0.2) is 21.4 Å². The maximum absolute atomic E-state index is 8.65. The molecule has 0 aromatic rings. The van der Waals surface area contributed by atoms with Crippen molar-refractivity contribution in [3.05, 3.63) is 0 Å². The standard InChI is InChI=1S/C11H14O2/c12-10-4-1-5(4)11(13,7-2-6(7)10)9-3-8(9)10/h4-9,12-13H,1-3H2/p+2. The third kappa shape index (κ3) is 0.403. The van der Waals surface area contributed by atoms with Crippen LogP contribution < -0.4 is 0 Å². The molecule has 70 valence electrons. The second kappa shape index (κ2) is 1.31. The fraction of sp³-hybridized carbons (Fsp3) is 1.00. The molecule has 4 N–H and O–H groups in total. The van der Waals surface area contributed by atoms with E-state index in [0.717, 1.165) is 0 Å². The number of hydrogen-bond donors (Lipinski definition) is 0. The minimum atomic E-state index is -0.0111. The minimum Gasteiger partial charge on any atom is -0.440 e. The molecular formula is C11H16O2+2. The molecule has 6 fully saturated rings. The molecular weight excluding hydrogens is 164 g/mol. The summed E-state index contributed by atoms with van der Waals surface area (Å²) in [5, 5.41) is 17.3. The topological polar surface area (TPSA) is 45.8 Å². The zero-order valence-corrected chi connectivity index (χ0v) is 7.59. The van der Waals surface area contributed by atoms with Gasteiger partial charge in [0.1, 0.15) is 0 Å². The first kappa shape index (κ1) is 6.41. The second-order valence-electron chi connectivity index (χ2n) is 6.21. The lowest BCUT2D eigenvalue weighted by atomic mass is 9.65. The van der Waals surface area contributed by atoms with Crippen molar-refractivity contribution in [3.8, 4) is 0 Å². The van der Waals surface area contributed by atoms with Crippen molar-refractivity contribution in [3.63, 3.8) is 0 Å². The van der Waals surface area contributed by atoms with E-state index in [-0.39, 0.29) is 11.2 Å². The molecule has 2 bridgehead atoms. The lowest BCUT2D eigenvalue weighted by molar-refractivity contribution is -0.162. The molecule has 2 heteroatoms. The lowest BCUT2D eigenvalue weighted by Crippen LogP contribution is -2.56. The van der Waals surface area contributed by atoms with Crippen molar-refractivity contribution < 1.29 is 10.2 Å². The van der Waals surface area contributed by atoms with Crippen LogP contribution in [0.15, 0.2) is 0 Å². The summed E-state index contributed by atoms with van der Waals surface area (Å²) in [5.41, 5.74) is -0.0222. The highest BCUT2D eigenvalue weighted by Gasteiger charge is 2.94. The minimum absolute atomic E-state index is 0.0111. The van der Waals surface area contributed by atoms with Crippen LogP contribution in [0.2, 0.25) is 0 Å². The Balaban J connectivity index is 1.81. The third-order valence-electron chi connectivity index (χ3n) is 6.05. The number of rotatable bonds is 0. The van der Waals surface area contributed by atoms with Gasteiger partial charge in [-0.2, -0.15) is 0 Å². The van der Waals surface area contributed by atoms with E-state index in [2.05, 4.69) is 0 Å². The van der Waals surface area contributed by atoms with Crippen molar-refractivity contribution in [2.24, 2.45) is 35.5 Å². The number of hydrogen-bond acceptors (Lipinski definition) is 0. The van der Waals surface area contributed by atoms with Crippen molar-refractivity contribution in [2.45, 2.75) is 30.5 Å². The van der Waals surface area contributed by atoms with E-state index in [0.29, 0.717) is 35.5 Å². The molecule has 6 atom stereocenters. The molecule has 6 unspecified atom stereocenters. The highest BCUT2D eigenvalue weighted by Crippen LogP contribution is 2.85. The molecule has 6 rings (SSSR count). The molecule has 0 saturated heterocycles. The molecule has 0 spiro atoms. The summed E-state index contributed by atoms with van der Waals surface area (Å²) in [5.74, 6) is 3.99. The van der Waals surface area contributed by atoms with Gasteiger partial charge in [0.15, 0.2) is 11.2 Å². The molecule has 0 aromatic heterocycles. The van der Waals surface area contributed by atoms with Crippen LogP contribution in [-0.2, 0) is 0 Å². The monoisotopic (exact) mass is 180 g/mol. The van der Waals surface area contributed by atoms with Crippen LogP contribution in [0.25, 0.3) is 0 Å². The SMILES string of the molecule is [OH2+]C12C3CC3C([OH2+])(C3CC31)C1CC12. The summed E-state index contributed by atoms with van der Waals surface area (Å²) < 4.78 is 0. The Morgan fingerprint density at radius 2 is 0.846 bits per heavy atom. The van der Waals surface area contributed by atoms with Crippen molar-refractivity contribution in [2.75, 3.05) is 0 Å². The summed E-state index contributed by atoms with van der Waals surface area (Å²) in [6.07, 6.45) is 3.73. The molecule has 2 nitrogen and oxygen atoms in total.